The van der Waals surface area contributed by atoms with Crippen LogP contribution in [0.25, 0.3) is 5.69 Å². The Labute approximate surface area is 228 Å². The number of nitrogens with one attached hydrogen (secondary N) is 2. The first-order chi connectivity index (χ1) is 18.4. The van der Waals surface area contributed by atoms with Crippen molar-refractivity contribution in [2.75, 3.05) is 26.3 Å². The van der Waals surface area contributed by atoms with E-state index in [9.17, 15) is 19.2 Å². The lowest BCUT2D eigenvalue weighted by Crippen LogP contribution is -2.48. The SMILES string of the molecule is O=C(NC1CC(C(=O)N2CCOCC2)CC1NC(=O)c1ccc(Cl)s1)c1ccc(-n2ccccc2=O)cc1. The molecule has 0 radical (unpaired) electrons. The molecule has 1 aliphatic heterocycles. The summed E-state index contributed by atoms with van der Waals surface area (Å²) in [5.74, 6) is -0.924. The zero-order valence-corrected chi connectivity index (χ0v) is 22.0. The molecule has 1 aliphatic carbocycles. The van der Waals surface area contributed by atoms with Crippen LogP contribution < -0.4 is 16.2 Å². The van der Waals surface area contributed by atoms with Gasteiger partial charge < -0.3 is 20.3 Å². The Morgan fingerprint density at radius 1 is 0.895 bits per heavy atom. The van der Waals surface area contributed by atoms with E-state index in [2.05, 4.69) is 10.6 Å². The summed E-state index contributed by atoms with van der Waals surface area (Å²) in [6.07, 6.45) is 2.49. The largest absolute Gasteiger partial charge is 0.378 e. The predicted octanol–water partition coefficient (Wildman–Crippen LogP) is 2.72. The van der Waals surface area contributed by atoms with Crippen molar-refractivity contribution in [3.05, 3.63) is 85.9 Å². The van der Waals surface area contributed by atoms with Crippen molar-refractivity contribution in [1.29, 1.82) is 0 Å². The molecule has 2 N–H and O–H groups in total. The van der Waals surface area contributed by atoms with Crippen LogP contribution >= 0.6 is 22.9 Å². The standard InChI is InChI=1S/C27H27ClN4O5S/c28-23-9-8-22(38-23)26(35)30-21-16-18(27(36)31-11-13-37-14-12-31)15-20(21)29-25(34)17-4-6-19(7-5-17)32-10-2-1-3-24(32)33/h1-10,18,20-21H,11-16H2,(H,29,34)(H,30,35). The average Bonchev–Trinajstić information content (AvgIpc) is 3.55. The number of amides is 3. The Hall–Kier alpha value is -3.47. The summed E-state index contributed by atoms with van der Waals surface area (Å²) >= 11 is 7.17. The van der Waals surface area contributed by atoms with Crippen molar-refractivity contribution >= 4 is 40.7 Å². The molecular weight excluding hydrogens is 528 g/mol. The highest BCUT2D eigenvalue weighted by molar-refractivity contribution is 7.18. The fourth-order valence-electron chi connectivity index (χ4n) is 4.94. The number of carbonyl (C=O) groups is 3. The number of hydrogen-bond donors (Lipinski definition) is 2. The van der Waals surface area contributed by atoms with Gasteiger partial charge in [-0.2, -0.15) is 0 Å². The molecule has 1 saturated carbocycles. The van der Waals surface area contributed by atoms with Gasteiger partial charge in [0, 0.05) is 42.5 Å². The first-order valence-electron chi connectivity index (χ1n) is 12.4. The second-order valence-electron chi connectivity index (χ2n) is 9.33. The van der Waals surface area contributed by atoms with E-state index in [0.717, 1.165) is 0 Å². The maximum Gasteiger partial charge on any atom is 0.261 e. The van der Waals surface area contributed by atoms with Crippen molar-refractivity contribution in [1.82, 2.24) is 20.1 Å². The molecule has 3 heterocycles. The number of ether oxygens (including phenoxy) is 1. The van der Waals surface area contributed by atoms with Gasteiger partial charge in [-0.1, -0.05) is 17.7 Å². The van der Waals surface area contributed by atoms with E-state index in [1.165, 1.54) is 22.0 Å². The normalized spacial score (nSPS) is 21.2. The minimum absolute atomic E-state index is 0.0149. The van der Waals surface area contributed by atoms with Gasteiger partial charge in [0.05, 0.1) is 34.5 Å². The minimum Gasteiger partial charge on any atom is -0.378 e. The van der Waals surface area contributed by atoms with E-state index in [4.69, 9.17) is 16.3 Å². The lowest BCUT2D eigenvalue weighted by Gasteiger charge is -2.29. The van der Waals surface area contributed by atoms with Crippen LogP contribution in [0.15, 0.2) is 65.6 Å². The van der Waals surface area contributed by atoms with Gasteiger partial charge in [-0.25, -0.2) is 0 Å². The Bertz CT molecular complexity index is 1380. The molecule has 3 atom stereocenters. The first-order valence-corrected chi connectivity index (χ1v) is 13.6. The molecule has 11 heteroatoms. The summed E-state index contributed by atoms with van der Waals surface area (Å²) in [7, 11) is 0. The summed E-state index contributed by atoms with van der Waals surface area (Å²) in [5, 5.41) is 6.03. The lowest BCUT2D eigenvalue weighted by atomic mass is 10.1. The zero-order chi connectivity index (χ0) is 26.6. The maximum absolute atomic E-state index is 13.2. The van der Waals surface area contributed by atoms with Crippen molar-refractivity contribution in [3.63, 3.8) is 0 Å². The second-order valence-corrected chi connectivity index (χ2v) is 11.0. The Kier molecular flexibility index (Phi) is 7.92. The number of rotatable bonds is 6. The molecule has 0 spiro atoms. The third-order valence-electron chi connectivity index (χ3n) is 6.89. The van der Waals surface area contributed by atoms with E-state index >= 15 is 0 Å². The fraction of sp³-hybridized carbons (Fsp3) is 0.333. The summed E-state index contributed by atoms with van der Waals surface area (Å²) in [5.41, 5.74) is 0.886. The third-order valence-corrected chi connectivity index (χ3v) is 8.12. The Balaban J connectivity index is 1.31. The molecular formula is C27H27ClN4O5S. The van der Waals surface area contributed by atoms with E-state index < -0.39 is 12.1 Å². The minimum atomic E-state index is -0.437. The Morgan fingerprint density at radius 3 is 2.21 bits per heavy atom. The van der Waals surface area contributed by atoms with E-state index in [1.807, 2.05) is 0 Å². The van der Waals surface area contributed by atoms with Crippen LogP contribution in [0.4, 0.5) is 0 Å². The van der Waals surface area contributed by atoms with Crippen LogP contribution in [0, 0.1) is 5.92 Å². The highest BCUT2D eigenvalue weighted by Crippen LogP contribution is 2.30. The molecule has 2 fully saturated rings. The van der Waals surface area contributed by atoms with Gasteiger partial charge in [0.25, 0.3) is 17.4 Å². The number of carbonyl (C=O) groups excluding carboxylic acids is 3. The molecule has 1 aromatic carbocycles. The van der Waals surface area contributed by atoms with Crippen LogP contribution in [0.5, 0.6) is 0 Å². The number of aromatic nitrogens is 1. The van der Waals surface area contributed by atoms with Crippen molar-refractivity contribution in [2.24, 2.45) is 5.92 Å². The number of pyridine rings is 1. The summed E-state index contributed by atoms with van der Waals surface area (Å²) in [4.78, 5) is 53.6. The third kappa shape index (κ3) is 5.82. The topological polar surface area (TPSA) is 110 Å². The molecule has 9 nitrogen and oxygen atoms in total. The van der Waals surface area contributed by atoms with Gasteiger partial charge in [0.15, 0.2) is 0 Å². The molecule has 2 aromatic heterocycles. The van der Waals surface area contributed by atoms with Gasteiger partial charge in [0.1, 0.15) is 0 Å². The van der Waals surface area contributed by atoms with E-state index in [0.29, 0.717) is 59.6 Å². The predicted molar refractivity (Wildman–Crippen MR) is 144 cm³/mol. The summed E-state index contributed by atoms with van der Waals surface area (Å²) in [6, 6.07) is 14.1. The van der Waals surface area contributed by atoms with Gasteiger partial charge in [-0.15, -0.1) is 11.3 Å². The van der Waals surface area contributed by atoms with Crippen molar-refractivity contribution < 1.29 is 19.1 Å². The molecule has 3 amide bonds. The average molecular weight is 555 g/mol. The number of nitrogens with zero attached hydrogens (tertiary/aromatic N) is 2. The number of hydrogen-bond acceptors (Lipinski definition) is 6. The number of thiophene rings is 1. The monoisotopic (exact) mass is 554 g/mol. The smallest absolute Gasteiger partial charge is 0.261 e. The maximum atomic E-state index is 13.2. The number of halogens is 1. The second kappa shape index (κ2) is 11.5. The zero-order valence-electron chi connectivity index (χ0n) is 20.5. The molecule has 1 saturated heterocycles. The quantitative estimate of drug-likeness (QED) is 0.487. The van der Waals surface area contributed by atoms with E-state index in [1.54, 1.807) is 59.6 Å². The highest BCUT2D eigenvalue weighted by Gasteiger charge is 2.41. The van der Waals surface area contributed by atoms with Gasteiger partial charge >= 0.3 is 0 Å². The van der Waals surface area contributed by atoms with E-state index in [-0.39, 0.29) is 29.2 Å². The van der Waals surface area contributed by atoms with Crippen LogP contribution in [0.3, 0.4) is 0 Å². The highest BCUT2D eigenvalue weighted by atomic mass is 35.5. The van der Waals surface area contributed by atoms with Crippen molar-refractivity contribution in [3.8, 4) is 5.69 Å². The number of morpholine rings is 1. The number of benzene rings is 1. The van der Waals surface area contributed by atoms with Crippen molar-refractivity contribution in [2.45, 2.75) is 24.9 Å². The molecule has 38 heavy (non-hydrogen) atoms. The lowest BCUT2D eigenvalue weighted by molar-refractivity contribution is -0.139. The fourth-order valence-corrected chi connectivity index (χ4v) is 5.89. The molecule has 3 unspecified atom stereocenters. The molecule has 3 aromatic rings. The van der Waals surface area contributed by atoms with Crippen LogP contribution in [0.2, 0.25) is 4.34 Å². The molecule has 0 bridgehead atoms. The summed E-state index contributed by atoms with van der Waals surface area (Å²) in [6.45, 7) is 2.08. The van der Waals surface area contributed by atoms with Gasteiger partial charge in [0.2, 0.25) is 5.91 Å². The van der Waals surface area contributed by atoms with Crippen LogP contribution in [0.1, 0.15) is 32.9 Å². The molecule has 198 valence electrons. The van der Waals surface area contributed by atoms with Gasteiger partial charge in [-0.3, -0.25) is 23.7 Å². The van der Waals surface area contributed by atoms with Gasteiger partial charge in [-0.05, 0) is 55.3 Å². The van der Waals surface area contributed by atoms with Crippen LogP contribution in [-0.4, -0.2) is 65.6 Å². The Morgan fingerprint density at radius 2 is 1.58 bits per heavy atom. The summed E-state index contributed by atoms with van der Waals surface area (Å²) < 4.78 is 7.36. The molecule has 5 rings (SSSR count). The molecule has 2 aliphatic rings. The van der Waals surface area contributed by atoms with Crippen LogP contribution in [-0.2, 0) is 9.53 Å². The first kappa shape index (κ1) is 26.1.